The van der Waals surface area contributed by atoms with Gasteiger partial charge in [-0.1, -0.05) is 11.6 Å². The fourth-order valence-electron chi connectivity index (χ4n) is 2.31. The van der Waals surface area contributed by atoms with Gasteiger partial charge in [-0.2, -0.15) is 0 Å². The van der Waals surface area contributed by atoms with Crippen molar-refractivity contribution in [1.82, 2.24) is 0 Å². The zero-order valence-electron chi connectivity index (χ0n) is 11.9. The van der Waals surface area contributed by atoms with E-state index in [0.29, 0.717) is 9.92 Å². The van der Waals surface area contributed by atoms with Gasteiger partial charge in [0.05, 0.1) is 15.4 Å². The summed E-state index contributed by atoms with van der Waals surface area (Å²) in [5.41, 5.74) is -0.370. The number of nitrogens with zero attached hydrogens (tertiary/aromatic N) is 1. The summed E-state index contributed by atoms with van der Waals surface area (Å²) < 4.78 is 27.7. The van der Waals surface area contributed by atoms with Gasteiger partial charge in [0.15, 0.2) is 0 Å². The summed E-state index contributed by atoms with van der Waals surface area (Å²) in [7, 11) is 0. The van der Waals surface area contributed by atoms with E-state index in [1.54, 1.807) is 24.3 Å². The maximum atomic E-state index is 14.1. The van der Waals surface area contributed by atoms with E-state index >= 15 is 0 Å². The van der Waals surface area contributed by atoms with E-state index in [9.17, 15) is 18.4 Å². The summed E-state index contributed by atoms with van der Waals surface area (Å²) in [5, 5.41) is -0.132. The fourth-order valence-corrected chi connectivity index (χ4v) is 3.81. The molecule has 8 heteroatoms. The molecule has 1 saturated heterocycles. The van der Waals surface area contributed by atoms with Crippen LogP contribution >= 0.6 is 39.3 Å². The number of hydrogen-bond acceptors (Lipinski definition) is 3. The minimum atomic E-state index is -0.845. The summed E-state index contributed by atoms with van der Waals surface area (Å²) in [6, 6.07) is 8.54. The summed E-state index contributed by atoms with van der Waals surface area (Å²) >= 11 is 9.86. The Morgan fingerprint density at radius 2 is 1.79 bits per heavy atom. The van der Waals surface area contributed by atoms with E-state index in [2.05, 4.69) is 15.9 Å². The van der Waals surface area contributed by atoms with Gasteiger partial charge in [-0.15, -0.1) is 11.8 Å². The first-order valence-electron chi connectivity index (χ1n) is 6.80. The molecule has 0 aliphatic carbocycles. The smallest absolute Gasteiger partial charge is 0.247 e. The molecule has 2 amide bonds. The van der Waals surface area contributed by atoms with Crippen LogP contribution < -0.4 is 4.90 Å². The number of imide groups is 1. The van der Waals surface area contributed by atoms with Gasteiger partial charge in [0, 0.05) is 22.4 Å². The molecule has 3 rings (SSSR count). The molecule has 3 nitrogen and oxygen atoms in total. The molecule has 0 bridgehead atoms. The number of anilines is 1. The van der Waals surface area contributed by atoms with E-state index in [4.69, 9.17) is 11.6 Å². The highest BCUT2D eigenvalue weighted by atomic mass is 79.9. The van der Waals surface area contributed by atoms with Crippen LogP contribution in [-0.2, 0) is 9.59 Å². The summed E-state index contributed by atoms with van der Waals surface area (Å²) in [6.45, 7) is 0. The second kappa shape index (κ2) is 6.82. The number of rotatable bonds is 3. The van der Waals surface area contributed by atoms with Crippen molar-refractivity contribution in [3.63, 3.8) is 0 Å². The molecule has 1 aliphatic rings. The van der Waals surface area contributed by atoms with Gasteiger partial charge in [-0.05, 0) is 46.3 Å². The Bertz CT molecular complexity index is 832. The lowest BCUT2D eigenvalue weighted by molar-refractivity contribution is -0.121. The molecule has 1 heterocycles. The number of amides is 2. The monoisotopic (exact) mass is 431 g/mol. The van der Waals surface area contributed by atoms with Crippen molar-refractivity contribution in [2.45, 2.75) is 16.6 Å². The fraction of sp³-hybridized carbons (Fsp3) is 0.125. The van der Waals surface area contributed by atoms with Gasteiger partial charge in [0.1, 0.15) is 11.6 Å². The Balaban J connectivity index is 1.87. The van der Waals surface area contributed by atoms with Crippen molar-refractivity contribution in [2.75, 3.05) is 4.90 Å². The van der Waals surface area contributed by atoms with Crippen molar-refractivity contribution in [3.8, 4) is 0 Å². The Morgan fingerprint density at radius 1 is 1.12 bits per heavy atom. The number of benzene rings is 2. The zero-order chi connectivity index (χ0) is 17.4. The van der Waals surface area contributed by atoms with Crippen molar-refractivity contribution in [3.05, 3.63) is 57.5 Å². The highest BCUT2D eigenvalue weighted by Gasteiger charge is 2.41. The van der Waals surface area contributed by atoms with Crippen LogP contribution in [0.4, 0.5) is 14.5 Å². The van der Waals surface area contributed by atoms with Crippen molar-refractivity contribution in [2.24, 2.45) is 0 Å². The number of carbonyl (C=O) groups is 2. The van der Waals surface area contributed by atoms with Crippen LogP contribution in [0.25, 0.3) is 0 Å². The van der Waals surface area contributed by atoms with Crippen LogP contribution in [0.1, 0.15) is 6.42 Å². The van der Waals surface area contributed by atoms with E-state index in [1.165, 1.54) is 11.8 Å². The second-order valence-corrected chi connectivity index (χ2v) is 7.62. The molecule has 0 spiro atoms. The predicted molar refractivity (Wildman–Crippen MR) is 92.3 cm³/mol. The topological polar surface area (TPSA) is 37.4 Å². The third-order valence-corrected chi connectivity index (χ3v) is 5.48. The first-order chi connectivity index (χ1) is 11.4. The Hall–Kier alpha value is -1.44. The standard InChI is InChI=1S/C16H9BrClF2NO2S/c17-10-5-12(20)13(6-11(10)19)21-15(22)7-14(16(21)23)24-9-3-1-8(18)2-4-9/h1-6,14H,7H2. The van der Waals surface area contributed by atoms with Crippen LogP contribution in [0.5, 0.6) is 0 Å². The number of halogens is 4. The lowest BCUT2D eigenvalue weighted by Crippen LogP contribution is -2.32. The van der Waals surface area contributed by atoms with Gasteiger partial charge in [-0.3, -0.25) is 9.59 Å². The molecule has 1 aliphatic heterocycles. The molecule has 0 aromatic heterocycles. The van der Waals surface area contributed by atoms with Gasteiger partial charge in [-0.25, -0.2) is 13.7 Å². The Kier molecular flexibility index (Phi) is 4.94. The molecule has 2 aromatic carbocycles. The van der Waals surface area contributed by atoms with Crippen LogP contribution in [0.15, 0.2) is 45.8 Å². The molecule has 1 atom stereocenters. The SMILES string of the molecule is O=C1CC(Sc2ccc(Cl)cc2)C(=O)N1c1cc(F)c(Br)cc1F. The summed E-state index contributed by atoms with van der Waals surface area (Å²) in [4.78, 5) is 26.1. The lowest BCUT2D eigenvalue weighted by Gasteiger charge is -2.16. The normalized spacial score (nSPS) is 17.7. The minimum absolute atomic E-state index is 0.0741. The Labute approximate surface area is 154 Å². The maximum absolute atomic E-state index is 14.1. The van der Waals surface area contributed by atoms with E-state index in [-0.39, 0.29) is 16.6 Å². The average Bonchev–Trinajstić information content (AvgIpc) is 2.80. The van der Waals surface area contributed by atoms with Crippen molar-refractivity contribution >= 4 is 56.8 Å². The molecule has 0 saturated carbocycles. The maximum Gasteiger partial charge on any atom is 0.247 e. The summed E-state index contributed by atoms with van der Waals surface area (Å²) in [5.74, 6) is -2.73. The molecule has 2 aromatic rings. The molecule has 0 N–H and O–H groups in total. The number of hydrogen-bond donors (Lipinski definition) is 0. The van der Waals surface area contributed by atoms with Crippen LogP contribution in [-0.4, -0.2) is 17.1 Å². The molecule has 124 valence electrons. The summed E-state index contributed by atoms with van der Waals surface area (Å²) in [6.07, 6.45) is -0.0801. The molecule has 1 unspecified atom stereocenters. The van der Waals surface area contributed by atoms with Gasteiger partial charge in [0.2, 0.25) is 11.8 Å². The van der Waals surface area contributed by atoms with Crippen LogP contribution in [0.2, 0.25) is 5.02 Å². The van der Waals surface area contributed by atoms with Crippen molar-refractivity contribution < 1.29 is 18.4 Å². The average molecular weight is 433 g/mol. The van der Waals surface area contributed by atoms with E-state index < -0.39 is 28.7 Å². The first-order valence-corrected chi connectivity index (χ1v) is 8.85. The highest BCUT2D eigenvalue weighted by molar-refractivity contribution is 9.10. The van der Waals surface area contributed by atoms with E-state index in [0.717, 1.165) is 17.0 Å². The minimum Gasteiger partial charge on any atom is -0.274 e. The molecular formula is C16H9BrClF2NO2S. The number of thioether (sulfide) groups is 1. The first kappa shape index (κ1) is 17.4. The van der Waals surface area contributed by atoms with Gasteiger partial charge in [0.25, 0.3) is 0 Å². The second-order valence-electron chi connectivity index (χ2n) is 5.05. The van der Waals surface area contributed by atoms with Crippen LogP contribution in [0, 0.1) is 11.6 Å². The Morgan fingerprint density at radius 3 is 2.46 bits per heavy atom. The predicted octanol–water partition coefficient (Wildman–Crippen LogP) is 4.80. The van der Waals surface area contributed by atoms with E-state index in [1.807, 2.05) is 0 Å². The van der Waals surface area contributed by atoms with Crippen LogP contribution in [0.3, 0.4) is 0 Å². The largest absolute Gasteiger partial charge is 0.274 e. The highest BCUT2D eigenvalue weighted by Crippen LogP contribution is 2.36. The lowest BCUT2D eigenvalue weighted by atomic mass is 10.2. The molecule has 24 heavy (non-hydrogen) atoms. The molecular weight excluding hydrogens is 424 g/mol. The quantitative estimate of drug-likeness (QED) is 0.516. The third kappa shape index (κ3) is 3.34. The van der Waals surface area contributed by atoms with Crippen molar-refractivity contribution in [1.29, 1.82) is 0 Å². The zero-order valence-corrected chi connectivity index (χ0v) is 15.1. The molecule has 0 radical (unpaired) electrons. The number of carbonyl (C=O) groups excluding carboxylic acids is 2. The van der Waals surface area contributed by atoms with Gasteiger partial charge < -0.3 is 0 Å². The third-order valence-electron chi connectivity index (χ3n) is 3.43. The van der Waals surface area contributed by atoms with Gasteiger partial charge >= 0.3 is 0 Å². The molecule has 1 fully saturated rings.